The number of hydrogen-bond acceptors (Lipinski definition) is 3. The summed E-state index contributed by atoms with van der Waals surface area (Å²) in [5.74, 6) is -1.43. The third kappa shape index (κ3) is 5.05. The zero-order chi connectivity index (χ0) is 17.1. The van der Waals surface area contributed by atoms with Gasteiger partial charge in [-0.3, -0.25) is 4.79 Å². The summed E-state index contributed by atoms with van der Waals surface area (Å²) in [6.07, 6.45) is 0. The fourth-order valence-corrected chi connectivity index (χ4v) is 3.39. The van der Waals surface area contributed by atoms with Crippen molar-refractivity contribution in [1.82, 2.24) is 5.32 Å². The molecule has 1 amide bonds. The second-order valence-electron chi connectivity index (χ2n) is 6.47. The van der Waals surface area contributed by atoms with Crippen LogP contribution in [0.25, 0.3) is 0 Å². The number of rotatable bonds is 6. The van der Waals surface area contributed by atoms with E-state index in [4.69, 9.17) is 0 Å². The molecule has 0 aliphatic rings. The smallest absolute Gasteiger partial charge is 0.326 e. The summed E-state index contributed by atoms with van der Waals surface area (Å²) in [4.78, 5) is 24.7. The van der Waals surface area contributed by atoms with E-state index in [1.54, 1.807) is 13.8 Å². The minimum Gasteiger partial charge on any atom is -0.480 e. The molecule has 1 rings (SSSR count). The summed E-state index contributed by atoms with van der Waals surface area (Å²) in [5, 5.41) is 11.8. The van der Waals surface area contributed by atoms with Gasteiger partial charge >= 0.3 is 5.97 Å². The highest BCUT2D eigenvalue weighted by Gasteiger charge is 2.33. The molecule has 1 unspecified atom stereocenters. The zero-order valence-electron chi connectivity index (χ0n) is 14.1. The number of thioether (sulfide) groups is 1. The predicted molar refractivity (Wildman–Crippen MR) is 90.3 cm³/mol. The number of carbonyl (C=O) groups is 2. The first-order chi connectivity index (χ1) is 10.0. The van der Waals surface area contributed by atoms with Gasteiger partial charge in [0.1, 0.15) is 6.04 Å². The van der Waals surface area contributed by atoms with Gasteiger partial charge < -0.3 is 10.4 Å². The number of amides is 1. The summed E-state index contributed by atoms with van der Waals surface area (Å²) >= 11 is 1.44. The molecule has 0 spiro atoms. The fourth-order valence-electron chi connectivity index (χ4n) is 2.16. The molecule has 0 fully saturated rings. The largest absolute Gasteiger partial charge is 0.480 e. The highest BCUT2D eigenvalue weighted by molar-refractivity contribution is 8.01. The van der Waals surface area contributed by atoms with Crippen molar-refractivity contribution in [1.29, 1.82) is 0 Å². The number of nitrogens with one attached hydrogen (secondary N) is 1. The van der Waals surface area contributed by atoms with Crippen LogP contribution in [0.2, 0.25) is 0 Å². The Balaban J connectivity index is 2.88. The number of benzene rings is 1. The molecule has 1 aromatic carbocycles. The van der Waals surface area contributed by atoms with Crippen molar-refractivity contribution >= 4 is 23.6 Å². The van der Waals surface area contributed by atoms with Crippen LogP contribution in [0.1, 0.15) is 38.8 Å². The molecular weight excluding hydrogens is 298 g/mol. The Labute approximate surface area is 136 Å². The molecule has 0 bridgehead atoms. The third-order valence-corrected chi connectivity index (χ3v) is 4.50. The van der Waals surface area contributed by atoms with E-state index in [0.29, 0.717) is 0 Å². The molecule has 0 aliphatic carbocycles. The maximum absolute atomic E-state index is 12.5. The van der Waals surface area contributed by atoms with E-state index in [-0.39, 0.29) is 11.8 Å². The van der Waals surface area contributed by atoms with Crippen molar-refractivity contribution in [3.05, 3.63) is 29.3 Å². The lowest BCUT2D eigenvalue weighted by molar-refractivity contribution is -0.143. The van der Waals surface area contributed by atoms with Crippen LogP contribution in [-0.2, 0) is 9.59 Å². The molecule has 0 saturated heterocycles. The molecule has 0 saturated carbocycles. The highest BCUT2D eigenvalue weighted by Crippen LogP contribution is 2.34. The van der Waals surface area contributed by atoms with E-state index < -0.39 is 16.8 Å². The Bertz CT molecular complexity index is 547. The van der Waals surface area contributed by atoms with Crippen LogP contribution in [0, 0.1) is 19.8 Å². The van der Waals surface area contributed by atoms with Gasteiger partial charge in [0.05, 0.1) is 4.75 Å². The summed E-state index contributed by atoms with van der Waals surface area (Å²) in [6.45, 7) is 11.2. The standard InChI is InChI=1S/C17H25NO3S/c1-10(2)14(15(19)20)18-16(21)17(5,6)22-13-8-11(3)7-12(4)9-13/h7-10,14H,1-6H3,(H,18,21)(H,19,20). The van der Waals surface area contributed by atoms with Crippen molar-refractivity contribution in [2.45, 2.75) is 57.2 Å². The molecule has 0 heterocycles. The number of aryl methyl sites for hydroxylation is 2. The van der Waals surface area contributed by atoms with Crippen LogP contribution >= 0.6 is 11.8 Å². The van der Waals surface area contributed by atoms with E-state index in [1.165, 1.54) is 11.8 Å². The minimum atomic E-state index is -1.00. The van der Waals surface area contributed by atoms with Gasteiger partial charge in [0.25, 0.3) is 0 Å². The van der Waals surface area contributed by atoms with E-state index in [0.717, 1.165) is 16.0 Å². The monoisotopic (exact) mass is 323 g/mol. The Hall–Kier alpha value is -1.49. The third-order valence-electron chi connectivity index (χ3n) is 3.33. The van der Waals surface area contributed by atoms with Crippen molar-refractivity contribution < 1.29 is 14.7 Å². The average molecular weight is 323 g/mol. The van der Waals surface area contributed by atoms with E-state index >= 15 is 0 Å². The van der Waals surface area contributed by atoms with Gasteiger partial charge in [-0.05, 0) is 56.9 Å². The Morgan fingerprint density at radius 1 is 1.14 bits per heavy atom. The lowest BCUT2D eigenvalue weighted by Gasteiger charge is -2.27. The lowest BCUT2D eigenvalue weighted by atomic mass is 10.0. The first-order valence-corrected chi connectivity index (χ1v) is 8.15. The molecule has 1 aromatic rings. The maximum atomic E-state index is 12.5. The van der Waals surface area contributed by atoms with Crippen molar-refractivity contribution in [2.24, 2.45) is 5.92 Å². The van der Waals surface area contributed by atoms with Gasteiger partial charge in [-0.15, -0.1) is 11.8 Å². The fraction of sp³-hybridized carbons (Fsp3) is 0.529. The quantitative estimate of drug-likeness (QED) is 0.788. The normalized spacial score (nSPS) is 13.0. The van der Waals surface area contributed by atoms with Gasteiger partial charge in [0, 0.05) is 4.90 Å². The number of carboxylic acid groups (broad SMARTS) is 1. The lowest BCUT2D eigenvalue weighted by Crippen LogP contribution is -2.50. The zero-order valence-corrected chi connectivity index (χ0v) is 14.9. The second kappa shape index (κ2) is 7.18. The Morgan fingerprint density at radius 3 is 2.05 bits per heavy atom. The predicted octanol–water partition coefficient (Wildman–Crippen LogP) is 3.40. The molecule has 5 heteroatoms. The molecule has 2 N–H and O–H groups in total. The van der Waals surface area contributed by atoms with Crippen molar-refractivity contribution in [3.8, 4) is 0 Å². The highest BCUT2D eigenvalue weighted by atomic mass is 32.2. The molecule has 0 aliphatic heterocycles. The van der Waals surface area contributed by atoms with Crippen molar-refractivity contribution in [2.75, 3.05) is 0 Å². The molecule has 0 aromatic heterocycles. The number of carboxylic acids is 1. The summed E-state index contributed by atoms with van der Waals surface area (Å²) < 4.78 is -0.747. The van der Waals surface area contributed by atoms with Gasteiger partial charge in [0.2, 0.25) is 5.91 Å². The van der Waals surface area contributed by atoms with Crippen LogP contribution in [-0.4, -0.2) is 27.8 Å². The molecular formula is C17H25NO3S. The summed E-state index contributed by atoms with van der Waals surface area (Å²) in [7, 11) is 0. The molecule has 1 atom stereocenters. The number of hydrogen-bond donors (Lipinski definition) is 2. The number of carbonyl (C=O) groups excluding carboxylic acids is 1. The van der Waals surface area contributed by atoms with E-state index in [9.17, 15) is 14.7 Å². The van der Waals surface area contributed by atoms with Gasteiger partial charge in [-0.2, -0.15) is 0 Å². The SMILES string of the molecule is Cc1cc(C)cc(SC(C)(C)C(=O)NC(C(=O)O)C(C)C)c1. The molecule has 122 valence electrons. The summed E-state index contributed by atoms with van der Waals surface area (Å²) in [5.41, 5.74) is 2.29. The van der Waals surface area contributed by atoms with Crippen LogP contribution in [0.5, 0.6) is 0 Å². The Morgan fingerprint density at radius 2 is 1.64 bits per heavy atom. The van der Waals surface area contributed by atoms with Crippen LogP contribution in [0.4, 0.5) is 0 Å². The van der Waals surface area contributed by atoms with Crippen LogP contribution in [0.3, 0.4) is 0 Å². The Kier molecular flexibility index (Phi) is 6.06. The van der Waals surface area contributed by atoms with Crippen molar-refractivity contribution in [3.63, 3.8) is 0 Å². The molecule has 0 radical (unpaired) electrons. The molecule has 22 heavy (non-hydrogen) atoms. The van der Waals surface area contributed by atoms with E-state index in [2.05, 4.69) is 11.4 Å². The second-order valence-corrected chi connectivity index (χ2v) is 8.17. The topological polar surface area (TPSA) is 66.4 Å². The molecule has 4 nitrogen and oxygen atoms in total. The van der Waals surface area contributed by atoms with Crippen LogP contribution < -0.4 is 5.32 Å². The first-order valence-electron chi connectivity index (χ1n) is 7.34. The van der Waals surface area contributed by atoms with Crippen LogP contribution in [0.15, 0.2) is 23.1 Å². The average Bonchev–Trinajstić information content (AvgIpc) is 2.32. The van der Waals surface area contributed by atoms with E-state index in [1.807, 2.05) is 39.8 Å². The maximum Gasteiger partial charge on any atom is 0.326 e. The van der Waals surface area contributed by atoms with Gasteiger partial charge in [-0.25, -0.2) is 4.79 Å². The number of aliphatic carboxylic acids is 1. The van der Waals surface area contributed by atoms with Gasteiger partial charge in [0.15, 0.2) is 0 Å². The summed E-state index contributed by atoms with van der Waals surface area (Å²) in [6, 6.07) is 5.27. The van der Waals surface area contributed by atoms with Gasteiger partial charge in [-0.1, -0.05) is 19.9 Å². The minimum absolute atomic E-state index is 0.163. The first kappa shape index (κ1) is 18.6.